The lowest BCUT2D eigenvalue weighted by atomic mass is 10.3. The van der Waals surface area contributed by atoms with Gasteiger partial charge >= 0.3 is 0 Å². The van der Waals surface area contributed by atoms with Crippen LogP contribution in [0.1, 0.15) is 13.0 Å². The molecule has 0 fully saturated rings. The van der Waals surface area contributed by atoms with Crippen LogP contribution in [0.4, 0.5) is 5.82 Å². The van der Waals surface area contributed by atoms with E-state index in [-0.39, 0.29) is 11.1 Å². The van der Waals surface area contributed by atoms with Gasteiger partial charge in [-0.1, -0.05) is 11.6 Å². The third kappa shape index (κ3) is 2.76. The molecule has 2 rings (SSSR count). The van der Waals surface area contributed by atoms with E-state index >= 15 is 0 Å². The Balaban J connectivity index is 2.04. The monoisotopic (exact) mass is 252 g/mol. The summed E-state index contributed by atoms with van der Waals surface area (Å²) in [6.45, 7) is 1.70. The molecule has 0 aromatic carbocycles. The second-order valence-corrected chi connectivity index (χ2v) is 3.67. The molecule has 0 saturated carbocycles. The van der Waals surface area contributed by atoms with E-state index in [1.807, 2.05) is 0 Å². The van der Waals surface area contributed by atoms with E-state index in [0.717, 1.165) is 0 Å². The maximum absolute atomic E-state index is 11.8. The average molecular weight is 253 g/mol. The van der Waals surface area contributed by atoms with Crippen LogP contribution in [-0.2, 0) is 4.79 Å². The molecule has 8 heteroatoms. The summed E-state index contributed by atoms with van der Waals surface area (Å²) in [7, 11) is 0. The summed E-state index contributed by atoms with van der Waals surface area (Å²) < 4.78 is 1.44. The first-order chi connectivity index (χ1) is 8.16. The quantitative estimate of drug-likeness (QED) is 0.878. The molecule has 17 heavy (non-hydrogen) atoms. The van der Waals surface area contributed by atoms with Gasteiger partial charge in [-0.3, -0.25) is 4.79 Å². The maximum Gasteiger partial charge on any atom is 0.250 e. The Hall–Kier alpha value is -2.02. The van der Waals surface area contributed by atoms with Crippen molar-refractivity contribution < 1.29 is 4.79 Å². The van der Waals surface area contributed by atoms with Gasteiger partial charge in [0.15, 0.2) is 11.0 Å². The van der Waals surface area contributed by atoms with E-state index in [0.29, 0.717) is 5.82 Å². The van der Waals surface area contributed by atoms with Gasteiger partial charge in [0, 0.05) is 0 Å². The zero-order valence-corrected chi connectivity index (χ0v) is 9.66. The maximum atomic E-state index is 11.8. The van der Waals surface area contributed by atoms with Crippen LogP contribution in [0.15, 0.2) is 24.8 Å². The highest BCUT2D eigenvalue weighted by molar-refractivity contribution is 6.29. The summed E-state index contributed by atoms with van der Waals surface area (Å²) in [4.78, 5) is 15.6. The van der Waals surface area contributed by atoms with Gasteiger partial charge < -0.3 is 5.32 Å². The molecule has 0 saturated heterocycles. The second-order valence-electron chi connectivity index (χ2n) is 3.28. The average Bonchev–Trinajstić information content (AvgIpc) is 2.84. The van der Waals surface area contributed by atoms with Crippen LogP contribution < -0.4 is 5.32 Å². The molecule has 0 aliphatic rings. The Morgan fingerprint density at radius 2 is 2.29 bits per heavy atom. The predicted molar refractivity (Wildman–Crippen MR) is 60.4 cm³/mol. The summed E-state index contributed by atoms with van der Waals surface area (Å²) in [5.41, 5.74) is 0. The van der Waals surface area contributed by atoms with E-state index in [9.17, 15) is 4.79 Å². The number of halogens is 1. The summed E-state index contributed by atoms with van der Waals surface area (Å²) >= 11 is 5.58. The Kier molecular flexibility index (Phi) is 3.29. The van der Waals surface area contributed by atoms with Crippen molar-refractivity contribution in [2.75, 3.05) is 5.32 Å². The van der Waals surface area contributed by atoms with Gasteiger partial charge in [0.25, 0.3) is 0 Å². The van der Waals surface area contributed by atoms with Crippen LogP contribution in [0.3, 0.4) is 0 Å². The molecular formula is C9H9ClN6O. The number of carbonyl (C=O) groups is 1. The van der Waals surface area contributed by atoms with E-state index in [1.54, 1.807) is 19.1 Å². The predicted octanol–water partition coefficient (Wildman–Crippen LogP) is 0.921. The number of nitrogens with one attached hydrogen (secondary N) is 1. The van der Waals surface area contributed by atoms with Gasteiger partial charge in [-0.2, -0.15) is 5.10 Å². The first-order valence-corrected chi connectivity index (χ1v) is 5.19. The zero-order chi connectivity index (χ0) is 12.3. The Labute approximate surface area is 102 Å². The van der Waals surface area contributed by atoms with E-state index in [1.165, 1.54) is 17.3 Å². The summed E-state index contributed by atoms with van der Waals surface area (Å²) in [5, 5.41) is 14.1. The fourth-order valence-electron chi connectivity index (χ4n) is 1.15. The van der Waals surface area contributed by atoms with Gasteiger partial charge in [-0.25, -0.2) is 9.67 Å². The van der Waals surface area contributed by atoms with Crippen molar-refractivity contribution in [3.8, 4) is 0 Å². The zero-order valence-electron chi connectivity index (χ0n) is 8.91. The number of aromatic nitrogens is 5. The minimum atomic E-state index is -0.477. The summed E-state index contributed by atoms with van der Waals surface area (Å²) in [5.74, 6) is 0.0819. The van der Waals surface area contributed by atoms with Crippen LogP contribution >= 0.6 is 11.6 Å². The highest BCUT2D eigenvalue weighted by atomic mass is 35.5. The number of amides is 1. The number of anilines is 1. The molecule has 2 heterocycles. The molecule has 1 amide bonds. The minimum Gasteiger partial charge on any atom is -0.307 e. The molecule has 7 nitrogen and oxygen atoms in total. The second kappa shape index (κ2) is 4.88. The Morgan fingerprint density at radius 3 is 2.88 bits per heavy atom. The molecule has 0 bridgehead atoms. The van der Waals surface area contributed by atoms with Crippen LogP contribution in [0.25, 0.3) is 0 Å². The van der Waals surface area contributed by atoms with E-state index in [4.69, 9.17) is 11.6 Å². The number of nitrogens with zero attached hydrogens (tertiary/aromatic N) is 5. The standard InChI is InChI=1S/C9H9ClN6O/c1-6(16-5-11-4-12-16)9(17)13-8-3-2-7(10)14-15-8/h2-6H,1H3,(H,13,15,17). The molecule has 2 aromatic heterocycles. The van der Waals surface area contributed by atoms with Crippen LogP contribution in [-0.4, -0.2) is 30.9 Å². The van der Waals surface area contributed by atoms with Crippen molar-refractivity contribution in [3.05, 3.63) is 29.9 Å². The Morgan fingerprint density at radius 1 is 1.47 bits per heavy atom. The molecule has 0 spiro atoms. The van der Waals surface area contributed by atoms with Crippen molar-refractivity contribution in [1.82, 2.24) is 25.0 Å². The highest BCUT2D eigenvalue weighted by Gasteiger charge is 2.15. The number of hydrogen-bond donors (Lipinski definition) is 1. The van der Waals surface area contributed by atoms with Gasteiger partial charge in [0.05, 0.1) is 0 Å². The van der Waals surface area contributed by atoms with Gasteiger partial charge in [-0.05, 0) is 19.1 Å². The Bertz CT molecular complexity index is 497. The molecule has 0 aliphatic heterocycles. The molecule has 0 radical (unpaired) electrons. The normalized spacial score (nSPS) is 12.1. The summed E-state index contributed by atoms with van der Waals surface area (Å²) in [6.07, 6.45) is 2.84. The lowest BCUT2D eigenvalue weighted by Crippen LogP contribution is -2.24. The molecule has 1 unspecified atom stereocenters. The van der Waals surface area contributed by atoms with Crippen molar-refractivity contribution >= 4 is 23.3 Å². The lowest BCUT2D eigenvalue weighted by molar-refractivity contribution is -0.119. The third-order valence-electron chi connectivity index (χ3n) is 2.10. The topological polar surface area (TPSA) is 85.6 Å². The highest BCUT2D eigenvalue weighted by Crippen LogP contribution is 2.09. The van der Waals surface area contributed by atoms with Crippen molar-refractivity contribution in [1.29, 1.82) is 0 Å². The number of hydrogen-bond acceptors (Lipinski definition) is 5. The van der Waals surface area contributed by atoms with Gasteiger partial charge in [-0.15, -0.1) is 10.2 Å². The number of carbonyl (C=O) groups excluding carboxylic acids is 1. The van der Waals surface area contributed by atoms with Gasteiger partial charge in [0.1, 0.15) is 18.7 Å². The smallest absolute Gasteiger partial charge is 0.250 e. The molecule has 2 aromatic rings. The molecule has 88 valence electrons. The van der Waals surface area contributed by atoms with Crippen molar-refractivity contribution in [2.45, 2.75) is 13.0 Å². The first-order valence-electron chi connectivity index (χ1n) is 4.81. The van der Waals surface area contributed by atoms with Crippen LogP contribution in [0.5, 0.6) is 0 Å². The minimum absolute atomic E-state index is 0.257. The number of rotatable bonds is 3. The molecule has 1 N–H and O–H groups in total. The van der Waals surface area contributed by atoms with E-state index < -0.39 is 6.04 Å². The van der Waals surface area contributed by atoms with Crippen molar-refractivity contribution in [2.24, 2.45) is 0 Å². The SMILES string of the molecule is CC(C(=O)Nc1ccc(Cl)nn1)n1cncn1. The van der Waals surface area contributed by atoms with E-state index in [2.05, 4.69) is 25.6 Å². The third-order valence-corrected chi connectivity index (χ3v) is 2.30. The lowest BCUT2D eigenvalue weighted by Gasteiger charge is -2.10. The van der Waals surface area contributed by atoms with Gasteiger partial charge in [0.2, 0.25) is 5.91 Å². The van der Waals surface area contributed by atoms with Crippen molar-refractivity contribution in [3.63, 3.8) is 0 Å². The molecular weight excluding hydrogens is 244 g/mol. The van der Waals surface area contributed by atoms with Crippen LogP contribution in [0.2, 0.25) is 5.15 Å². The molecule has 1 atom stereocenters. The van der Waals surface area contributed by atoms with Crippen LogP contribution in [0, 0.1) is 0 Å². The largest absolute Gasteiger partial charge is 0.307 e. The summed E-state index contributed by atoms with van der Waals surface area (Å²) in [6, 6.07) is 2.64. The fourth-order valence-corrected chi connectivity index (χ4v) is 1.25. The fraction of sp³-hybridized carbons (Fsp3) is 0.222. The molecule has 0 aliphatic carbocycles. The first kappa shape index (κ1) is 11.5.